The molecule has 1 aliphatic rings. The van der Waals surface area contributed by atoms with Crippen LogP contribution in [0.5, 0.6) is 0 Å². The quantitative estimate of drug-likeness (QED) is 0.614. The van der Waals surface area contributed by atoms with E-state index >= 15 is 0 Å². The van der Waals surface area contributed by atoms with Gasteiger partial charge in [-0.25, -0.2) is 0 Å². The zero-order valence-electron chi connectivity index (χ0n) is 17.8. The highest BCUT2D eigenvalue weighted by Gasteiger charge is 2.42. The average molecular weight is 437 g/mol. The Kier molecular flexibility index (Phi) is 6.23. The van der Waals surface area contributed by atoms with Crippen LogP contribution in [0.4, 0.5) is 0 Å². The molecule has 3 aromatic rings. The van der Waals surface area contributed by atoms with Gasteiger partial charge in [-0.15, -0.1) is 11.3 Å². The number of hydrogen-bond acceptors (Lipinski definition) is 4. The number of amides is 2. The van der Waals surface area contributed by atoms with Gasteiger partial charge in [-0.05, 0) is 54.8 Å². The van der Waals surface area contributed by atoms with Crippen molar-refractivity contribution in [2.75, 3.05) is 13.1 Å². The number of aromatic nitrogens is 2. The summed E-state index contributed by atoms with van der Waals surface area (Å²) in [7, 11) is 0. The van der Waals surface area contributed by atoms with Crippen molar-refractivity contribution in [3.8, 4) is 10.4 Å². The lowest BCUT2D eigenvalue weighted by atomic mass is 9.74. The number of carbonyl (C=O) groups excluding carboxylic acids is 2. The fourth-order valence-corrected chi connectivity index (χ4v) is 5.16. The second kappa shape index (κ2) is 9.06. The maximum atomic E-state index is 12.9. The molecule has 4 rings (SSSR count). The average Bonchev–Trinajstić information content (AvgIpc) is 3.44. The van der Waals surface area contributed by atoms with Gasteiger partial charge >= 0.3 is 0 Å². The van der Waals surface area contributed by atoms with Crippen LogP contribution in [-0.2, 0) is 22.6 Å². The van der Waals surface area contributed by atoms with Crippen molar-refractivity contribution >= 4 is 23.2 Å². The molecule has 1 atom stereocenters. The zero-order chi connectivity index (χ0) is 21.8. The molecular formula is C24H28N4O2S. The second-order valence-corrected chi connectivity index (χ2v) is 9.31. The molecule has 1 fully saturated rings. The first kappa shape index (κ1) is 21.3. The van der Waals surface area contributed by atoms with Crippen LogP contribution >= 0.6 is 11.3 Å². The van der Waals surface area contributed by atoms with Gasteiger partial charge < -0.3 is 10.6 Å². The summed E-state index contributed by atoms with van der Waals surface area (Å²) in [5, 5.41) is 6.31. The number of aryl methyl sites for hydroxylation is 2. The molecule has 1 aromatic carbocycles. The summed E-state index contributed by atoms with van der Waals surface area (Å²) in [4.78, 5) is 28.5. The van der Waals surface area contributed by atoms with E-state index in [1.165, 1.54) is 4.88 Å². The van der Waals surface area contributed by atoms with Crippen molar-refractivity contribution in [2.45, 2.75) is 39.2 Å². The molecule has 0 spiro atoms. The number of nitrogens with two attached hydrogens (primary N) is 1. The van der Waals surface area contributed by atoms with Crippen molar-refractivity contribution in [1.82, 2.24) is 14.7 Å². The number of benzene rings is 1. The Morgan fingerprint density at radius 1 is 1.23 bits per heavy atom. The van der Waals surface area contributed by atoms with Crippen LogP contribution in [0.1, 0.15) is 30.5 Å². The van der Waals surface area contributed by atoms with Gasteiger partial charge in [-0.2, -0.15) is 5.10 Å². The van der Waals surface area contributed by atoms with Crippen LogP contribution in [-0.4, -0.2) is 39.6 Å². The predicted octanol–water partition coefficient (Wildman–Crippen LogP) is 3.65. The lowest BCUT2D eigenvalue weighted by Gasteiger charge is -2.41. The summed E-state index contributed by atoms with van der Waals surface area (Å²) in [5.74, 6) is -0.276. The Labute approximate surface area is 186 Å². The van der Waals surface area contributed by atoms with Crippen LogP contribution in [0.2, 0.25) is 0 Å². The number of piperidine rings is 1. The number of hydrogen-bond donors (Lipinski definition) is 1. The normalized spacial score (nSPS) is 18.8. The summed E-state index contributed by atoms with van der Waals surface area (Å²) in [5.41, 5.74) is 8.44. The van der Waals surface area contributed by atoms with Crippen molar-refractivity contribution in [2.24, 2.45) is 11.1 Å². The third kappa shape index (κ3) is 4.71. The van der Waals surface area contributed by atoms with Gasteiger partial charge in [0.25, 0.3) is 0 Å². The molecule has 1 saturated heterocycles. The molecule has 0 bridgehead atoms. The van der Waals surface area contributed by atoms with Gasteiger partial charge in [0.1, 0.15) is 0 Å². The Balaban J connectivity index is 1.48. The number of carbonyl (C=O) groups is 2. The maximum Gasteiger partial charge on any atom is 0.225 e. The molecule has 162 valence electrons. The molecule has 31 heavy (non-hydrogen) atoms. The van der Waals surface area contributed by atoms with E-state index < -0.39 is 5.41 Å². The minimum Gasteiger partial charge on any atom is -0.369 e. The van der Waals surface area contributed by atoms with E-state index in [1.54, 1.807) is 17.5 Å². The molecule has 3 heterocycles. The molecule has 0 aliphatic carbocycles. The largest absolute Gasteiger partial charge is 0.369 e. The van der Waals surface area contributed by atoms with Crippen LogP contribution < -0.4 is 5.73 Å². The highest BCUT2D eigenvalue weighted by Crippen LogP contribution is 2.35. The summed E-state index contributed by atoms with van der Waals surface area (Å²) >= 11 is 1.69. The number of thiophene rings is 1. The smallest absolute Gasteiger partial charge is 0.225 e. The van der Waals surface area contributed by atoms with Crippen LogP contribution in [0.3, 0.4) is 0 Å². The van der Waals surface area contributed by atoms with Crippen LogP contribution in [0, 0.1) is 12.3 Å². The first-order valence-electron chi connectivity index (χ1n) is 10.7. The highest BCUT2D eigenvalue weighted by atomic mass is 32.1. The number of likely N-dealkylation sites (tertiary alicyclic amines) is 1. The molecule has 0 saturated carbocycles. The summed E-state index contributed by atoms with van der Waals surface area (Å²) in [6, 6.07) is 14.3. The lowest BCUT2D eigenvalue weighted by Crippen LogP contribution is -2.53. The Morgan fingerprint density at radius 2 is 2.10 bits per heavy atom. The van der Waals surface area contributed by atoms with Crippen molar-refractivity contribution < 1.29 is 9.59 Å². The first-order chi connectivity index (χ1) is 15.0. The highest BCUT2D eigenvalue weighted by molar-refractivity contribution is 7.13. The molecule has 2 aromatic heterocycles. The fourth-order valence-electron chi connectivity index (χ4n) is 4.44. The minimum atomic E-state index is -0.733. The standard InChI is InChI=1S/C24H28N4O2S/c1-18-8-11-26-28(18)13-9-22(29)27-12-4-10-24(17-27,23(25)30)16-19-5-2-6-20(15-19)21-7-3-14-31-21/h2-3,5-8,11,14-15H,4,9-10,12-13,16-17H2,1H3,(H2,25,30)/t24-/m1/s1. The van der Waals surface area contributed by atoms with Gasteiger partial charge in [-0.3, -0.25) is 14.3 Å². The Hall–Kier alpha value is -2.93. The molecule has 0 radical (unpaired) electrons. The number of rotatable bonds is 7. The van der Waals surface area contributed by atoms with Crippen molar-refractivity contribution in [1.29, 1.82) is 0 Å². The first-order valence-corrected chi connectivity index (χ1v) is 11.5. The van der Waals surface area contributed by atoms with Crippen molar-refractivity contribution in [3.63, 3.8) is 0 Å². The van der Waals surface area contributed by atoms with Gasteiger partial charge in [0.05, 0.1) is 5.41 Å². The predicted molar refractivity (Wildman–Crippen MR) is 122 cm³/mol. The molecular weight excluding hydrogens is 408 g/mol. The molecule has 7 heteroatoms. The van der Waals surface area contributed by atoms with E-state index in [4.69, 9.17) is 5.73 Å². The maximum absolute atomic E-state index is 12.9. The SMILES string of the molecule is Cc1ccnn1CCC(=O)N1CCC[C@](Cc2cccc(-c3cccs3)c2)(C(N)=O)C1. The van der Waals surface area contributed by atoms with E-state index in [1.807, 2.05) is 40.8 Å². The monoisotopic (exact) mass is 436 g/mol. The van der Waals surface area contributed by atoms with Gasteiger partial charge in [0, 0.05) is 42.8 Å². The van der Waals surface area contributed by atoms with Gasteiger partial charge in [0.15, 0.2) is 0 Å². The zero-order valence-corrected chi connectivity index (χ0v) is 18.6. The van der Waals surface area contributed by atoms with E-state index in [2.05, 4.69) is 28.7 Å². The van der Waals surface area contributed by atoms with E-state index in [9.17, 15) is 9.59 Å². The van der Waals surface area contributed by atoms with E-state index in [-0.39, 0.29) is 11.8 Å². The third-order valence-corrected chi connectivity index (χ3v) is 7.11. The third-order valence-electron chi connectivity index (χ3n) is 6.19. The van der Waals surface area contributed by atoms with Crippen LogP contribution in [0.15, 0.2) is 54.0 Å². The Bertz CT molecular complexity index is 1060. The molecule has 2 amide bonds. The van der Waals surface area contributed by atoms with Crippen molar-refractivity contribution in [3.05, 3.63) is 65.3 Å². The van der Waals surface area contributed by atoms with Gasteiger partial charge in [-0.1, -0.05) is 30.3 Å². The summed E-state index contributed by atoms with van der Waals surface area (Å²) in [6.07, 6.45) is 4.13. The molecule has 1 aliphatic heterocycles. The molecule has 0 unspecified atom stereocenters. The molecule has 6 nitrogen and oxygen atoms in total. The van der Waals surface area contributed by atoms with Gasteiger partial charge in [0.2, 0.25) is 11.8 Å². The fraction of sp³-hybridized carbons (Fsp3) is 0.375. The number of primary amides is 1. The number of nitrogens with zero attached hydrogens (tertiary/aromatic N) is 3. The topological polar surface area (TPSA) is 81.2 Å². The second-order valence-electron chi connectivity index (χ2n) is 8.36. The van der Waals surface area contributed by atoms with E-state index in [0.29, 0.717) is 38.9 Å². The summed E-state index contributed by atoms with van der Waals surface area (Å²) < 4.78 is 1.83. The molecule has 2 N–H and O–H groups in total. The van der Waals surface area contributed by atoms with E-state index in [0.717, 1.165) is 23.2 Å². The summed E-state index contributed by atoms with van der Waals surface area (Å²) in [6.45, 7) is 3.56. The minimum absolute atomic E-state index is 0.0487. The Morgan fingerprint density at radius 3 is 2.81 bits per heavy atom. The lowest BCUT2D eigenvalue weighted by molar-refractivity contribution is -0.140. The van der Waals surface area contributed by atoms with Crippen LogP contribution in [0.25, 0.3) is 10.4 Å².